The molecule has 2 nitrogen and oxygen atoms in total. The number of hydrogen-bond donors (Lipinski definition) is 0. The van der Waals surface area contributed by atoms with Gasteiger partial charge < -0.3 is 4.90 Å². The van der Waals surface area contributed by atoms with Crippen molar-refractivity contribution in [2.75, 3.05) is 18.5 Å². The molecule has 4 heteroatoms. The number of rotatable bonds is 4. The number of hydrogen-bond acceptors (Lipinski definition) is 2. The van der Waals surface area contributed by atoms with Crippen LogP contribution in [0.4, 0.5) is 14.5 Å². The molecule has 0 aliphatic heterocycles. The van der Waals surface area contributed by atoms with Gasteiger partial charge in [0.25, 0.3) is 0 Å². The van der Waals surface area contributed by atoms with Gasteiger partial charge in [0.15, 0.2) is 17.4 Å². The lowest BCUT2D eigenvalue weighted by molar-refractivity contribution is 0.1000. The van der Waals surface area contributed by atoms with Crippen molar-refractivity contribution in [2.24, 2.45) is 0 Å². The number of benzene rings is 2. The first-order chi connectivity index (χ1) is 9.88. The second-order valence-electron chi connectivity index (χ2n) is 5.20. The van der Waals surface area contributed by atoms with Gasteiger partial charge in [-0.1, -0.05) is 17.7 Å². The van der Waals surface area contributed by atoms with E-state index in [-0.39, 0.29) is 17.9 Å². The Labute approximate surface area is 123 Å². The van der Waals surface area contributed by atoms with Crippen molar-refractivity contribution < 1.29 is 13.6 Å². The molecule has 0 heterocycles. The molecule has 110 valence electrons. The van der Waals surface area contributed by atoms with Crippen LogP contribution < -0.4 is 4.90 Å². The van der Waals surface area contributed by atoms with Crippen LogP contribution in [-0.2, 0) is 0 Å². The third kappa shape index (κ3) is 3.45. The molecule has 0 unspecified atom stereocenters. The van der Waals surface area contributed by atoms with Gasteiger partial charge in [0.05, 0.1) is 6.54 Å². The first kappa shape index (κ1) is 15.2. The average Bonchev–Trinajstić information content (AvgIpc) is 2.41. The molecule has 0 saturated heterocycles. The lowest BCUT2D eigenvalue weighted by atomic mass is 10.1. The minimum atomic E-state index is -1.00. The monoisotopic (exact) mass is 289 g/mol. The largest absolute Gasteiger partial charge is 0.367 e. The van der Waals surface area contributed by atoms with Crippen LogP contribution in [0, 0.1) is 25.5 Å². The maximum absolute atomic E-state index is 13.2. The Hall–Kier alpha value is -2.23. The Morgan fingerprint density at radius 1 is 1.05 bits per heavy atom. The van der Waals surface area contributed by atoms with E-state index >= 15 is 0 Å². The second-order valence-corrected chi connectivity index (χ2v) is 5.20. The molecule has 2 aromatic rings. The van der Waals surface area contributed by atoms with Gasteiger partial charge in [0, 0.05) is 18.3 Å². The van der Waals surface area contributed by atoms with Crippen LogP contribution in [0.1, 0.15) is 21.5 Å². The number of aryl methyl sites for hydroxylation is 2. The Morgan fingerprint density at radius 2 is 1.76 bits per heavy atom. The maximum atomic E-state index is 13.2. The van der Waals surface area contributed by atoms with Gasteiger partial charge in [-0.3, -0.25) is 4.79 Å². The van der Waals surface area contributed by atoms with Gasteiger partial charge >= 0.3 is 0 Å². The summed E-state index contributed by atoms with van der Waals surface area (Å²) in [6, 6.07) is 9.17. The van der Waals surface area contributed by atoms with Crippen LogP contribution in [-0.4, -0.2) is 19.4 Å². The van der Waals surface area contributed by atoms with Crippen LogP contribution in [0.2, 0.25) is 0 Å². The van der Waals surface area contributed by atoms with Gasteiger partial charge in [-0.25, -0.2) is 8.78 Å². The normalized spacial score (nSPS) is 10.5. The van der Waals surface area contributed by atoms with Gasteiger partial charge in [0.2, 0.25) is 0 Å². The van der Waals surface area contributed by atoms with Crippen molar-refractivity contribution in [1.82, 2.24) is 0 Å². The highest BCUT2D eigenvalue weighted by atomic mass is 19.2. The van der Waals surface area contributed by atoms with Gasteiger partial charge in [-0.2, -0.15) is 0 Å². The molecule has 0 fully saturated rings. The van der Waals surface area contributed by atoms with Gasteiger partial charge in [-0.15, -0.1) is 0 Å². The first-order valence-corrected chi connectivity index (χ1v) is 6.65. The second kappa shape index (κ2) is 6.04. The quantitative estimate of drug-likeness (QED) is 0.796. The molecule has 0 amide bonds. The van der Waals surface area contributed by atoms with Crippen LogP contribution >= 0.6 is 0 Å². The summed E-state index contributed by atoms with van der Waals surface area (Å²) in [5.41, 5.74) is 3.33. The third-order valence-electron chi connectivity index (χ3n) is 3.39. The van der Waals surface area contributed by atoms with Crippen molar-refractivity contribution in [3.63, 3.8) is 0 Å². The minimum absolute atomic E-state index is 0.106. The molecule has 2 rings (SSSR count). The predicted octanol–water partition coefficient (Wildman–Crippen LogP) is 3.90. The molecule has 0 aliphatic carbocycles. The van der Waals surface area contributed by atoms with E-state index in [1.165, 1.54) is 6.07 Å². The average molecular weight is 289 g/mol. The van der Waals surface area contributed by atoms with Crippen molar-refractivity contribution in [3.05, 3.63) is 64.7 Å². The molecular weight excluding hydrogens is 272 g/mol. The molecule has 0 aromatic heterocycles. The molecule has 0 N–H and O–H groups in total. The summed E-state index contributed by atoms with van der Waals surface area (Å²) < 4.78 is 26.1. The summed E-state index contributed by atoms with van der Waals surface area (Å²) in [7, 11) is 1.80. The minimum Gasteiger partial charge on any atom is -0.367 e. The number of halogens is 2. The van der Waals surface area contributed by atoms with Crippen molar-refractivity contribution >= 4 is 11.5 Å². The summed E-state index contributed by atoms with van der Waals surface area (Å²) in [6.45, 7) is 4.08. The zero-order chi connectivity index (χ0) is 15.6. The number of carbonyl (C=O) groups excluding carboxylic acids is 1. The van der Waals surface area contributed by atoms with E-state index in [4.69, 9.17) is 0 Å². The van der Waals surface area contributed by atoms with Crippen LogP contribution in [0.3, 0.4) is 0 Å². The zero-order valence-corrected chi connectivity index (χ0v) is 12.3. The standard InChI is InChI=1S/C17H17F2NO/c1-11-4-7-16(12(2)8-11)20(3)10-17(21)13-5-6-14(18)15(19)9-13/h4-9H,10H2,1-3H3. The number of anilines is 1. The van der Waals surface area contributed by atoms with Crippen LogP contribution in [0.5, 0.6) is 0 Å². The van der Waals surface area contributed by atoms with E-state index in [1.54, 1.807) is 11.9 Å². The third-order valence-corrected chi connectivity index (χ3v) is 3.39. The zero-order valence-electron chi connectivity index (χ0n) is 12.3. The molecule has 2 aromatic carbocycles. The molecular formula is C17H17F2NO. The molecule has 0 aliphatic rings. The summed E-state index contributed by atoms with van der Waals surface area (Å²) in [4.78, 5) is 13.9. The number of Topliss-reactive ketones (excluding diaryl/α,β-unsaturated/α-hetero) is 1. The highest BCUT2D eigenvalue weighted by molar-refractivity contribution is 5.99. The Morgan fingerprint density at radius 3 is 2.38 bits per heavy atom. The van der Waals surface area contributed by atoms with E-state index in [0.717, 1.165) is 28.9 Å². The van der Waals surface area contributed by atoms with E-state index in [1.807, 2.05) is 32.0 Å². The highest BCUT2D eigenvalue weighted by Crippen LogP contribution is 2.20. The fourth-order valence-electron chi connectivity index (χ4n) is 2.30. The lowest BCUT2D eigenvalue weighted by Gasteiger charge is -2.21. The van der Waals surface area contributed by atoms with Crippen molar-refractivity contribution in [3.8, 4) is 0 Å². The van der Waals surface area contributed by atoms with E-state index < -0.39 is 11.6 Å². The summed E-state index contributed by atoms with van der Waals surface area (Å²) in [5, 5.41) is 0. The summed E-state index contributed by atoms with van der Waals surface area (Å²) >= 11 is 0. The van der Waals surface area contributed by atoms with Crippen LogP contribution in [0.25, 0.3) is 0 Å². The highest BCUT2D eigenvalue weighted by Gasteiger charge is 2.13. The van der Waals surface area contributed by atoms with Gasteiger partial charge in [-0.05, 0) is 43.7 Å². The number of nitrogens with zero attached hydrogens (tertiary/aromatic N) is 1. The molecule has 0 saturated carbocycles. The number of carbonyl (C=O) groups is 1. The topological polar surface area (TPSA) is 20.3 Å². The summed E-state index contributed by atoms with van der Waals surface area (Å²) in [6.07, 6.45) is 0. The van der Waals surface area contributed by atoms with E-state index in [9.17, 15) is 13.6 Å². The Bertz CT molecular complexity index is 682. The Balaban J connectivity index is 2.16. The number of ketones is 1. The van der Waals surface area contributed by atoms with Crippen molar-refractivity contribution in [1.29, 1.82) is 0 Å². The van der Waals surface area contributed by atoms with Crippen LogP contribution in [0.15, 0.2) is 36.4 Å². The molecule has 0 atom stereocenters. The van der Waals surface area contributed by atoms with Gasteiger partial charge in [0.1, 0.15) is 0 Å². The molecule has 21 heavy (non-hydrogen) atoms. The number of likely N-dealkylation sites (N-methyl/N-ethyl adjacent to an activating group) is 1. The fourth-order valence-corrected chi connectivity index (χ4v) is 2.30. The Kier molecular flexibility index (Phi) is 4.36. The molecule has 0 spiro atoms. The predicted molar refractivity (Wildman–Crippen MR) is 79.9 cm³/mol. The van der Waals surface area contributed by atoms with E-state index in [2.05, 4.69) is 0 Å². The molecule has 0 bridgehead atoms. The molecule has 0 radical (unpaired) electrons. The SMILES string of the molecule is Cc1ccc(N(C)CC(=O)c2ccc(F)c(F)c2)c(C)c1. The lowest BCUT2D eigenvalue weighted by Crippen LogP contribution is -2.26. The first-order valence-electron chi connectivity index (χ1n) is 6.65. The summed E-state index contributed by atoms with van der Waals surface area (Å²) in [5.74, 6) is -2.21. The fraction of sp³-hybridized carbons (Fsp3) is 0.235. The maximum Gasteiger partial charge on any atom is 0.182 e. The van der Waals surface area contributed by atoms with Crippen molar-refractivity contribution in [2.45, 2.75) is 13.8 Å². The smallest absolute Gasteiger partial charge is 0.182 e. The van der Waals surface area contributed by atoms with E-state index in [0.29, 0.717) is 0 Å².